The summed E-state index contributed by atoms with van der Waals surface area (Å²) in [5.41, 5.74) is 1.94. The van der Waals surface area contributed by atoms with Crippen LogP contribution in [0.25, 0.3) is 0 Å². The number of Topliss-reactive ketones (excluding diaryl/α,β-unsaturated/α-hetero) is 1. The van der Waals surface area contributed by atoms with Gasteiger partial charge in [-0.3, -0.25) is 14.7 Å². The van der Waals surface area contributed by atoms with E-state index in [1.54, 1.807) is 4.90 Å². The summed E-state index contributed by atoms with van der Waals surface area (Å²) in [6, 6.07) is 9.90. The van der Waals surface area contributed by atoms with Crippen molar-refractivity contribution in [2.24, 2.45) is 5.92 Å². The van der Waals surface area contributed by atoms with Crippen LogP contribution in [0.2, 0.25) is 0 Å². The number of aromatic amines is 1. The molecule has 0 spiro atoms. The van der Waals surface area contributed by atoms with Crippen LogP contribution < -0.4 is 15.0 Å². The average molecular weight is 566 g/mol. The van der Waals surface area contributed by atoms with Crippen LogP contribution in [0.15, 0.2) is 40.4 Å². The number of nitrogens with zero attached hydrogens (tertiary/aromatic N) is 5. The fraction of sp³-hybridized carbons (Fsp3) is 0.464. The van der Waals surface area contributed by atoms with Gasteiger partial charge in [-0.1, -0.05) is 12.1 Å². The molecule has 3 heterocycles. The van der Waals surface area contributed by atoms with Crippen LogP contribution in [0.4, 0.5) is 17.5 Å². The minimum atomic E-state index is -0.0235. The van der Waals surface area contributed by atoms with Crippen molar-refractivity contribution < 1.29 is 19.1 Å². The molecule has 2 fully saturated rings. The summed E-state index contributed by atoms with van der Waals surface area (Å²) in [5, 5.41) is 11.1. The molecule has 2 aromatic heterocycles. The average Bonchev–Trinajstić information content (AvgIpc) is 3.73. The number of ether oxygens (including phenoxy) is 2. The van der Waals surface area contributed by atoms with Crippen molar-refractivity contribution in [3.05, 3.63) is 41.6 Å². The zero-order valence-corrected chi connectivity index (χ0v) is 23.9. The highest BCUT2D eigenvalue weighted by atomic mass is 32.2. The number of carbonyl (C=O) groups excluding carboxylic acids is 2. The van der Waals surface area contributed by atoms with Gasteiger partial charge in [0.1, 0.15) is 12.4 Å². The predicted molar refractivity (Wildman–Crippen MR) is 152 cm³/mol. The standard InChI is InChI=1S/C28H35N7O4S/c1-4-39-25-26(29-23-15-18(2)32-33-23)30-28(31-27(25)35-13-11-34(12-14-35)24(37)17-38-3)40-21-9-5-19(6-10-21)16-22(36)20-7-8-20/h5-6,9-10,15,20H,4,7-8,11-14,16-17H2,1-3H3,(H2,29,30,31,32,33). The SMILES string of the molecule is CCOc1c(Nc2cc(C)[nH]n2)nc(Sc2ccc(CC(=O)C3CC3)cc2)nc1N1CCN(C(=O)COC)CC1. The molecule has 3 aromatic rings. The van der Waals surface area contributed by atoms with Crippen LogP contribution in [-0.4, -0.2) is 83.3 Å². The maximum atomic E-state index is 12.3. The van der Waals surface area contributed by atoms with Gasteiger partial charge < -0.3 is 24.6 Å². The number of carbonyl (C=O) groups is 2. The quantitative estimate of drug-likeness (QED) is 0.315. The Bertz CT molecular complexity index is 1330. The highest BCUT2D eigenvalue weighted by Crippen LogP contribution is 2.39. The van der Waals surface area contributed by atoms with Gasteiger partial charge in [-0.25, -0.2) is 9.97 Å². The van der Waals surface area contributed by atoms with Gasteiger partial charge in [0.2, 0.25) is 11.7 Å². The maximum Gasteiger partial charge on any atom is 0.248 e. The molecule has 2 N–H and O–H groups in total. The number of hydrogen-bond acceptors (Lipinski definition) is 10. The number of amides is 1. The van der Waals surface area contributed by atoms with Gasteiger partial charge in [0.15, 0.2) is 22.6 Å². The van der Waals surface area contributed by atoms with Crippen LogP contribution >= 0.6 is 11.8 Å². The second kappa shape index (κ2) is 12.7. The second-order valence-electron chi connectivity index (χ2n) is 9.97. The lowest BCUT2D eigenvalue weighted by atomic mass is 10.1. The lowest BCUT2D eigenvalue weighted by Gasteiger charge is -2.36. The summed E-state index contributed by atoms with van der Waals surface area (Å²) in [5.74, 6) is 2.91. The number of anilines is 3. The predicted octanol–water partition coefficient (Wildman–Crippen LogP) is 3.62. The summed E-state index contributed by atoms with van der Waals surface area (Å²) in [4.78, 5) is 39.2. The maximum absolute atomic E-state index is 12.3. The number of nitrogens with one attached hydrogen (secondary N) is 2. The molecule has 0 bridgehead atoms. The molecule has 1 aliphatic heterocycles. The summed E-state index contributed by atoms with van der Waals surface area (Å²) >= 11 is 1.44. The Morgan fingerprint density at radius 2 is 1.88 bits per heavy atom. The molecular formula is C28H35N7O4S. The molecule has 5 rings (SSSR count). The van der Waals surface area contributed by atoms with E-state index in [9.17, 15) is 9.59 Å². The van der Waals surface area contributed by atoms with Gasteiger partial charge in [-0.2, -0.15) is 5.10 Å². The molecule has 2 aliphatic rings. The van der Waals surface area contributed by atoms with E-state index in [1.165, 1.54) is 18.9 Å². The molecular weight excluding hydrogens is 530 g/mol. The van der Waals surface area contributed by atoms with Gasteiger partial charge >= 0.3 is 0 Å². The Labute approximate surface area is 238 Å². The molecule has 1 aromatic carbocycles. The Morgan fingerprint density at radius 3 is 2.50 bits per heavy atom. The molecule has 0 atom stereocenters. The van der Waals surface area contributed by atoms with Crippen LogP contribution in [0, 0.1) is 12.8 Å². The lowest BCUT2D eigenvalue weighted by molar-refractivity contribution is -0.135. The number of piperazine rings is 1. The van der Waals surface area contributed by atoms with E-state index in [0.29, 0.717) is 73.3 Å². The fourth-order valence-electron chi connectivity index (χ4n) is 4.56. The van der Waals surface area contributed by atoms with Crippen molar-refractivity contribution in [3.8, 4) is 5.75 Å². The largest absolute Gasteiger partial charge is 0.487 e. The summed E-state index contributed by atoms with van der Waals surface area (Å²) in [7, 11) is 1.53. The summed E-state index contributed by atoms with van der Waals surface area (Å²) in [6.07, 6.45) is 2.53. The Balaban J connectivity index is 1.41. The van der Waals surface area contributed by atoms with Gasteiger partial charge in [0, 0.05) is 62.3 Å². The third-order valence-corrected chi connectivity index (χ3v) is 7.68. The van der Waals surface area contributed by atoms with Crippen molar-refractivity contribution in [3.63, 3.8) is 0 Å². The van der Waals surface area contributed by atoms with Gasteiger partial charge in [-0.15, -0.1) is 0 Å². The first-order valence-corrected chi connectivity index (χ1v) is 14.4. The van der Waals surface area contributed by atoms with Crippen LogP contribution in [0.5, 0.6) is 5.75 Å². The Morgan fingerprint density at radius 1 is 1.12 bits per heavy atom. The zero-order chi connectivity index (χ0) is 28.1. The number of ketones is 1. The van der Waals surface area contributed by atoms with Gasteiger partial charge in [0.25, 0.3) is 0 Å². The summed E-state index contributed by atoms with van der Waals surface area (Å²) in [6.45, 7) is 6.67. The van der Waals surface area contributed by atoms with Crippen molar-refractivity contribution in [2.45, 2.75) is 43.2 Å². The third kappa shape index (κ3) is 6.92. The highest BCUT2D eigenvalue weighted by Gasteiger charge is 2.29. The molecule has 1 saturated carbocycles. The lowest BCUT2D eigenvalue weighted by Crippen LogP contribution is -2.50. The van der Waals surface area contributed by atoms with Crippen LogP contribution in [0.1, 0.15) is 31.0 Å². The van der Waals surface area contributed by atoms with E-state index in [1.807, 2.05) is 44.2 Å². The fourth-order valence-corrected chi connectivity index (χ4v) is 5.31. The van der Waals surface area contributed by atoms with Crippen molar-refractivity contribution >= 4 is 40.9 Å². The molecule has 212 valence electrons. The zero-order valence-electron chi connectivity index (χ0n) is 23.1. The molecule has 11 nitrogen and oxygen atoms in total. The number of benzene rings is 1. The van der Waals surface area contributed by atoms with Crippen molar-refractivity contribution in [1.29, 1.82) is 0 Å². The van der Waals surface area contributed by atoms with Crippen molar-refractivity contribution in [1.82, 2.24) is 25.1 Å². The molecule has 40 heavy (non-hydrogen) atoms. The van der Waals surface area contributed by atoms with Gasteiger partial charge in [0.05, 0.1) is 6.61 Å². The smallest absolute Gasteiger partial charge is 0.248 e. The van der Waals surface area contributed by atoms with E-state index in [4.69, 9.17) is 19.4 Å². The minimum Gasteiger partial charge on any atom is -0.487 e. The van der Waals surface area contributed by atoms with E-state index >= 15 is 0 Å². The normalized spacial score (nSPS) is 15.3. The highest BCUT2D eigenvalue weighted by molar-refractivity contribution is 7.99. The molecule has 0 unspecified atom stereocenters. The number of H-pyrrole nitrogens is 1. The number of methoxy groups -OCH3 is 1. The van der Waals surface area contributed by atoms with E-state index in [0.717, 1.165) is 29.0 Å². The van der Waals surface area contributed by atoms with Gasteiger partial charge in [-0.05, 0) is 56.1 Å². The van der Waals surface area contributed by atoms with E-state index in [-0.39, 0.29) is 18.4 Å². The van der Waals surface area contributed by atoms with E-state index in [2.05, 4.69) is 20.4 Å². The third-order valence-electron chi connectivity index (χ3n) is 6.81. The number of rotatable bonds is 12. The Hall–Kier alpha value is -3.64. The first-order valence-electron chi connectivity index (χ1n) is 13.6. The number of hydrogen-bond donors (Lipinski definition) is 2. The monoisotopic (exact) mass is 565 g/mol. The second-order valence-corrected chi connectivity index (χ2v) is 11.0. The van der Waals surface area contributed by atoms with Crippen molar-refractivity contribution in [2.75, 3.05) is 56.7 Å². The first-order chi connectivity index (χ1) is 19.4. The molecule has 12 heteroatoms. The molecule has 1 saturated heterocycles. The van der Waals surface area contributed by atoms with Crippen LogP contribution in [0.3, 0.4) is 0 Å². The minimum absolute atomic E-state index is 0.0235. The molecule has 1 amide bonds. The Kier molecular flexibility index (Phi) is 8.85. The van der Waals surface area contributed by atoms with Crippen LogP contribution in [-0.2, 0) is 20.7 Å². The molecule has 0 radical (unpaired) electrons. The summed E-state index contributed by atoms with van der Waals surface area (Å²) < 4.78 is 11.1. The van der Waals surface area contributed by atoms with E-state index < -0.39 is 0 Å². The topological polar surface area (TPSA) is 126 Å². The first kappa shape index (κ1) is 27.9. The molecule has 1 aliphatic carbocycles. The number of aromatic nitrogens is 4. The number of aryl methyl sites for hydroxylation is 1.